The molecule has 1 aromatic carbocycles. The van der Waals surface area contributed by atoms with E-state index in [2.05, 4.69) is 4.98 Å². The van der Waals surface area contributed by atoms with Crippen LogP contribution < -0.4 is 5.73 Å². The fraction of sp³-hybridized carbons (Fsp3) is 0.125. The Morgan fingerprint density at radius 3 is 2.48 bits per heavy atom. The van der Waals surface area contributed by atoms with Gasteiger partial charge in [-0.3, -0.25) is 0 Å². The van der Waals surface area contributed by atoms with Gasteiger partial charge in [0.1, 0.15) is 9.71 Å². The van der Waals surface area contributed by atoms with Crippen molar-refractivity contribution in [3.63, 3.8) is 0 Å². The number of ether oxygens (including phenoxy) is 1. The number of sulfone groups is 1. The Morgan fingerprint density at radius 1 is 1.28 bits per heavy atom. The van der Waals surface area contributed by atoms with Crippen molar-refractivity contribution in [3.05, 3.63) is 40.2 Å². The molecule has 0 bridgehead atoms. The van der Waals surface area contributed by atoms with Crippen molar-refractivity contribution >= 4 is 54.6 Å². The van der Waals surface area contributed by atoms with Gasteiger partial charge in [0, 0.05) is 22.2 Å². The molecular weight excluding hydrogens is 384 g/mol. The summed E-state index contributed by atoms with van der Waals surface area (Å²) in [5.74, 6) is -0.588. The third kappa shape index (κ3) is 3.20. The maximum Gasteiger partial charge on any atom is 0.350 e. The smallest absolute Gasteiger partial charge is 0.350 e. The maximum absolute atomic E-state index is 12.3. The van der Waals surface area contributed by atoms with E-state index in [0.29, 0.717) is 20.8 Å². The van der Waals surface area contributed by atoms with Crippen molar-refractivity contribution in [1.29, 1.82) is 0 Å². The van der Waals surface area contributed by atoms with Crippen LogP contribution in [-0.4, -0.2) is 32.7 Å². The molecule has 0 unspecified atom stereocenters. The molecule has 2 heterocycles. The van der Waals surface area contributed by atoms with Gasteiger partial charge in [-0.15, -0.1) is 11.3 Å². The number of hydrogen-bond donors (Lipinski definition) is 1. The number of esters is 1. The van der Waals surface area contributed by atoms with E-state index < -0.39 is 15.8 Å². The highest BCUT2D eigenvalue weighted by Gasteiger charge is 2.23. The van der Waals surface area contributed by atoms with E-state index in [1.807, 2.05) is 0 Å². The lowest BCUT2D eigenvalue weighted by molar-refractivity contribution is 0.0607. The van der Waals surface area contributed by atoms with Crippen molar-refractivity contribution in [2.75, 3.05) is 19.1 Å². The third-order valence-corrected chi connectivity index (χ3v) is 6.03. The second-order valence-electron chi connectivity index (χ2n) is 5.30. The zero-order valence-corrected chi connectivity index (χ0v) is 15.6. The largest absolute Gasteiger partial charge is 0.465 e. The first-order chi connectivity index (χ1) is 11.7. The van der Waals surface area contributed by atoms with Gasteiger partial charge in [0.15, 0.2) is 9.84 Å². The normalized spacial score (nSPS) is 11.6. The van der Waals surface area contributed by atoms with Gasteiger partial charge in [0.25, 0.3) is 0 Å². The molecule has 0 saturated carbocycles. The average molecular weight is 397 g/mol. The van der Waals surface area contributed by atoms with Crippen LogP contribution in [0.5, 0.6) is 0 Å². The van der Waals surface area contributed by atoms with Gasteiger partial charge in [0.2, 0.25) is 0 Å². The SMILES string of the molecule is COC(=O)c1sc2nc(-c3ccc(Cl)cc3)c(S(C)(=O)=O)cc2c1N. The predicted molar refractivity (Wildman–Crippen MR) is 98.9 cm³/mol. The van der Waals surface area contributed by atoms with Crippen LogP contribution in [0.15, 0.2) is 35.2 Å². The fourth-order valence-corrected chi connectivity index (χ4v) is 4.33. The van der Waals surface area contributed by atoms with E-state index in [9.17, 15) is 13.2 Å². The van der Waals surface area contributed by atoms with Gasteiger partial charge in [0.05, 0.1) is 23.4 Å². The van der Waals surface area contributed by atoms with Crippen LogP contribution in [0, 0.1) is 0 Å². The highest BCUT2D eigenvalue weighted by molar-refractivity contribution is 7.90. The van der Waals surface area contributed by atoms with E-state index in [1.54, 1.807) is 24.3 Å². The number of methoxy groups -OCH3 is 1. The summed E-state index contributed by atoms with van der Waals surface area (Å²) in [5, 5.41) is 0.933. The number of fused-ring (bicyclic) bond motifs is 1. The number of nitrogens with two attached hydrogens (primary N) is 1. The van der Waals surface area contributed by atoms with Crippen molar-refractivity contribution < 1.29 is 17.9 Å². The van der Waals surface area contributed by atoms with Crippen LogP contribution in [0.4, 0.5) is 5.69 Å². The van der Waals surface area contributed by atoms with Crippen LogP contribution in [0.1, 0.15) is 9.67 Å². The number of benzene rings is 1. The third-order valence-electron chi connectivity index (χ3n) is 3.57. The Bertz CT molecular complexity index is 1090. The summed E-state index contributed by atoms with van der Waals surface area (Å²) in [7, 11) is -2.33. The van der Waals surface area contributed by atoms with Crippen molar-refractivity contribution in [3.8, 4) is 11.3 Å². The Kier molecular flexibility index (Phi) is 4.44. The van der Waals surface area contributed by atoms with Crippen LogP contribution in [0.3, 0.4) is 0 Å². The minimum Gasteiger partial charge on any atom is -0.465 e. The molecule has 0 aliphatic rings. The number of pyridine rings is 1. The van der Waals surface area contributed by atoms with Crippen molar-refractivity contribution in [2.45, 2.75) is 4.90 Å². The zero-order chi connectivity index (χ0) is 18.4. The molecule has 2 aromatic heterocycles. The van der Waals surface area contributed by atoms with Gasteiger partial charge in [-0.05, 0) is 18.2 Å². The average Bonchev–Trinajstić information content (AvgIpc) is 2.89. The Hall–Kier alpha value is -2.16. The van der Waals surface area contributed by atoms with Gasteiger partial charge in [-0.1, -0.05) is 23.7 Å². The molecule has 130 valence electrons. The summed E-state index contributed by atoms with van der Waals surface area (Å²) in [6.45, 7) is 0. The maximum atomic E-state index is 12.3. The fourth-order valence-electron chi connectivity index (χ4n) is 2.36. The molecule has 0 spiro atoms. The quantitative estimate of drug-likeness (QED) is 0.681. The molecule has 25 heavy (non-hydrogen) atoms. The lowest BCUT2D eigenvalue weighted by Crippen LogP contribution is -2.03. The lowest BCUT2D eigenvalue weighted by Gasteiger charge is -2.08. The first kappa shape index (κ1) is 17.7. The van der Waals surface area contributed by atoms with Gasteiger partial charge in [-0.2, -0.15) is 0 Å². The number of anilines is 1. The molecule has 2 N–H and O–H groups in total. The Morgan fingerprint density at radius 2 is 1.92 bits per heavy atom. The van der Waals surface area contributed by atoms with E-state index in [-0.39, 0.29) is 21.2 Å². The molecule has 0 aliphatic heterocycles. The first-order valence-corrected chi connectivity index (χ1v) is 10.1. The minimum atomic E-state index is -3.58. The van der Waals surface area contributed by atoms with E-state index >= 15 is 0 Å². The molecule has 3 aromatic rings. The summed E-state index contributed by atoms with van der Waals surface area (Å²) < 4.78 is 29.2. The van der Waals surface area contributed by atoms with Gasteiger partial charge >= 0.3 is 5.97 Å². The number of halogens is 1. The van der Waals surface area contributed by atoms with Crippen LogP contribution in [0.2, 0.25) is 5.02 Å². The summed E-state index contributed by atoms with van der Waals surface area (Å²) in [5.41, 5.74) is 7.03. The Balaban J connectivity index is 2.35. The number of rotatable bonds is 3. The number of hydrogen-bond acceptors (Lipinski definition) is 7. The van der Waals surface area contributed by atoms with Crippen LogP contribution >= 0.6 is 22.9 Å². The monoisotopic (exact) mass is 396 g/mol. The van der Waals surface area contributed by atoms with Crippen LogP contribution in [0.25, 0.3) is 21.5 Å². The molecule has 0 atom stereocenters. The summed E-state index contributed by atoms with van der Waals surface area (Å²) >= 11 is 6.95. The number of nitrogen functional groups attached to an aromatic ring is 1. The van der Waals surface area contributed by atoms with Gasteiger partial charge in [-0.25, -0.2) is 18.2 Å². The van der Waals surface area contributed by atoms with Crippen LogP contribution in [-0.2, 0) is 14.6 Å². The first-order valence-electron chi connectivity index (χ1n) is 6.99. The molecule has 9 heteroatoms. The molecule has 0 radical (unpaired) electrons. The summed E-state index contributed by atoms with van der Waals surface area (Å²) in [6.07, 6.45) is 1.10. The number of nitrogens with zero attached hydrogens (tertiary/aromatic N) is 1. The number of aromatic nitrogens is 1. The second-order valence-corrected chi connectivity index (χ2v) is 8.72. The molecule has 0 aliphatic carbocycles. The molecule has 0 fully saturated rings. The number of carbonyl (C=O) groups is 1. The highest BCUT2D eigenvalue weighted by atomic mass is 35.5. The van der Waals surface area contributed by atoms with Crippen molar-refractivity contribution in [2.24, 2.45) is 0 Å². The van der Waals surface area contributed by atoms with E-state index in [1.165, 1.54) is 13.2 Å². The molecular formula is C16H13ClN2O4S2. The summed E-state index contributed by atoms with van der Waals surface area (Å²) in [6, 6.07) is 8.11. The standard InChI is InChI=1S/C16H13ClN2O4S2/c1-23-16(20)14-12(18)10-7-11(25(2,21)22)13(19-15(10)24-14)8-3-5-9(17)6-4-8/h3-7H,18H2,1-2H3. The molecule has 0 amide bonds. The molecule has 0 saturated heterocycles. The second kappa shape index (κ2) is 6.29. The number of thiophene rings is 1. The van der Waals surface area contributed by atoms with E-state index in [0.717, 1.165) is 17.6 Å². The van der Waals surface area contributed by atoms with E-state index in [4.69, 9.17) is 22.1 Å². The molecule has 6 nitrogen and oxygen atoms in total. The summed E-state index contributed by atoms with van der Waals surface area (Å²) in [4.78, 5) is 17.0. The lowest BCUT2D eigenvalue weighted by atomic mass is 10.1. The molecule has 3 rings (SSSR count). The Labute approximate surface area is 153 Å². The highest BCUT2D eigenvalue weighted by Crippen LogP contribution is 2.38. The van der Waals surface area contributed by atoms with Gasteiger partial charge < -0.3 is 10.5 Å². The van der Waals surface area contributed by atoms with Crippen molar-refractivity contribution in [1.82, 2.24) is 4.98 Å². The number of carbonyl (C=O) groups excluding carboxylic acids is 1. The predicted octanol–water partition coefficient (Wildman–Crippen LogP) is 3.39. The minimum absolute atomic E-state index is 0.0308. The zero-order valence-electron chi connectivity index (χ0n) is 13.2. The topological polar surface area (TPSA) is 99.3 Å².